The van der Waals surface area contributed by atoms with Crippen LogP contribution >= 0.6 is 35.0 Å². The number of amides is 1. The Bertz CT molecular complexity index is 579. The third-order valence-electron chi connectivity index (χ3n) is 2.30. The van der Waals surface area contributed by atoms with Gasteiger partial charge < -0.3 is 5.32 Å². The number of nitrogens with zero attached hydrogens (tertiary/aromatic N) is 1. The Morgan fingerprint density at radius 2 is 2.00 bits per heavy atom. The largest absolute Gasteiger partial charge is 0.301 e. The summed E-state index contributed by atoms with van der Waals surface area (Å²) in [6, 6.07) is 5.05. The third kappa shape index (κ3) is 3.37. The molecule has 1 saturated heterocycles. The maximum Gasteiger partial charge on any atom is 0.254 e. The number of carbonyl (C=O) groups excluding carboxylic acids is 2. The fourth-order valence-corrected chi connectivity index (χ4v) is 2.71. The zero-order chi connectivity index (χ0) is 13.8. The summed E-state index contributed by atoms with van der Waals surface area (Å²) in [6.45, 7) is 0. The zero-order valence-electron chi connectivity index (χ0n) is 9.52. The van der Waals surface area contributed by atoms with Gasteiger partial charge in [-0.05, 0) is 18.2 Å². The molecular formula is C12H8Cl2N2O2S. The van der Waals surface area contributed by atoms with Gasteiger partial charge in [-0.1, -0.05) is 41.0 Å². The molecule has 0 unspecified atom stereocenters. The highest BCUT2D eigenvalue weighted by molar-refractivity contribution is 8.14. The molecule has 1 amide bonds. The van der Waals surface area contributed by atoms with Gasteiger partial charge in [-0.25, -0.2) is 4.99 Å². The van der Waals surface area contributed by atoms with Crippen LogP contribution in [0.4, 0.5) is 5.69 Å². The highest BCUT2D eigenvalue weighted by Crippen LogP contribution is 2.33. The Hall–Kier alpha value is -1.30. The quantitative estimate of drug-likeness (QED) is 0.674. The molecule has 0 bridgehead atoms. The molecule has 1 N–H and O–H groups in total. The number of rotatable bonds is 2. The lowest BCUT2D eigenvalue weighted by molar-refractivity contribution is -0.116. The molecule has 0 radical (unpaired) electrons. The number of aliphatic imine (C=N–C) groups is 1. The molecule has 1 aromatic rings. The minimum atomic E-state index is -0.340. The molecule has 98 valence electrons. The summed E-state index contributed by atoms with van der Waals surface area (Å²) in [5.41, 5.74) is 0.820. The Balaban J connectivity index is 2.25. The number of aldehydes is 1. The maximum absolute atomic E-state index is 11.7. The van der Waals surface area contributed by atoms with E-state index >= 15 is 0 Å². The fourth-order valence-electron chi connectivity index (χ4n) is 1.39. The van der Waals surface area contributed by atoms with Crippen LogP contribution in [0.15, 0.2) is 34.8 Å². The van der Waals surface area contributed by atoms with E-state index in [0.717, 1.165) is 0 Å². The number of thioether (sulfide) groups is 1. The summed E-state index contributed by atoms with van der Waals surface area (Å²) < 4.78 is 0. The molecule has 2 rings (SSSR count). The second-order valence-electron chi connectivity index (χ2n) is 3.56. The van der Waals surface area contributed by atoms with Crippen molar-refractivity contribution in [2.45, 2.75) is 0 Å². The third-order valence-corrected chi connectivity index (χ3v) is 3.83. The van der Waals surface area contributed by atoms with Crippen molar-refractivity contribution in [1.82, 2.24) is 5.32 Å². The van der Waals surface area contributed by atoms with E-state index in [2.05, 4.69) is 10.3 Å². The van der Waals surface area contributed by atoms with Gasteiger partial charge in [-0.3, -0.25) is 9.59 Å². The first-order chi connectivity index (χ1) is 9.11. The molecular weight excluding hydrogens is 307 g/mol. The predicted octanol–water partition coefficient (Wildman–Crippen LogP) is 2.97. The van der Waals surface area contributed by atoms with Crippen molar-refractivity contribution < 1.29 is 9.59 Å². The van der Waals surface area contributed by atoms with Crippen LogP contribution in [-0.2, 0) is 9.59 Å². The van der Waals surface area contributed by atoms with Crippen LogP contribution in [0.1, 0.15) is 0 Å². The molecule has 1 aliphatic rings. The number of hydrogen-bond donors (Lipinski definition) is 1. The number of hydrogen-bond acceptors (Lipinski definition) is 4. The zero-order valence-corrected chi connectivity index (χ0v) is 11.9. The number of para-hydroxylation sites is 1. The van der Waals surface area contributed by atoms with Gasteiger partial charge in [0.25, 0.3) is 5.91 Å². The van der Waals surface area contributed by atoms with Gasteiger partial charge in [0.2, 0.25) is 0 Å². The van der Waals surface area contributed by atoms with Crippen molar-refractivity contribution in [2.75, 3.05) is 5.75 Å². The molecule has 19 heavy (non-hydrogen) atoms. The number of halogens is 2. The summed E-state index contributed by atoms with van der Waals surface area (Å²) in [5, 5.41) is 3.80. The molecule has 0 aromatic heterocycles. The molecule has 1 heterocycles. The number of allylic oxidation sites excluding steroid dienone is 1. The number of amidine groups is 1. The predicted molar refractivity (Wildman–Crippen MR) is 78.3 cm³/mol. The molecule has 1 fully saturated rings. The summed E-state index contributed by atoms with van der Waals surface area (Å²) in [4.78, 5) is 26.2. The van der Waals surface area contributed by atoms with E-state index in [0.29, 0.717) is 38.5 Å². The van der Waals surface area contributed by atoms with Crippen LogP contribution in [0.2, 0.25) is 10.0 Å². The van der Waals surface area contributed by atoms with Gasteiger partial charge in [0.15, 0.2) is 5.17 Å². The number of nitrogens with one attached hydrogen (secondary N) is 1. The lowest BCUT2D eigenvalue weighted by Gasteiger charge is -2.16. The Labute approximate surface area is 123 Å². The van der Waals surface area contributed by atoms with Crippen molar-refractivity contribution in [2.24, 2.45) is 4.99 Å². The Morgan fingerprint density at radius 1 is 1.32 bits per heavy atom. The topological polar surface area (TPSA) is 58.5 Å². The van der Waals surface area contributed by atoms with Crippen molar-refractivity contribution in [3.8, 4) is 0 Å². The van der Waals surface area contributed by atoms with E-state index in [-0.39, 0.29) is 5.91 Å². The van der Waals surface area contributed by atoms with Gasteiger partial charge in [0, 0.05) is 11.3 Å². The van der Waals surface area contributed by atoms with Crippen molar-refractivity contribution in [3.05, 3.63) is 39.9 Å². The second-order valence-corrected chi connectivity index (χ2v) is 5.34. The maximum atomic E-state index is 11.7. The SMILES string of the molecule is O=C/C=C1\CSC(=Nc2c(Cl)cccc2Cl)NC1=O. The first-order valence-corrected chi connectivity index (χ1v) is 6.97. The van der Waals surface area contributed by atoms with Crippen LogP contribution in [0.25, 0.3) is 0 Å². The van der Waals surface area contributed by atoms with Crippen LogP contribution in [-0.4, -0.2) is 23.1 Å². The monoisotopic (exact) mass is 314 g/mol. The van der Waals surface area contributed by atoms with Gasteiger partial charge >= 0.3 is 0 Å². The number of benzene rings is 1. The van der Waals surface area contributed by atoms with Gasteiger partial charge in [0.1, 0.15) is 12.0 Å². The summed E-state index contributed by atoms with van der Waals surface area (Å²) in [6.07, 6.45) is 1.82. The van der Waals surface area contributed by atoms with E-state index in [4.69, 9.17) is 23.2 Å². The normalized spacial score (nSPS) is 19.6. The molecule has 1 aliphatic heterocycles. The van der Waals surface area contributed by atoms with E-state index in [1.54, 1.807) is 18.2 Å². The standard InChI is InChI=1S/C12H8Cl2N2O2S/c13-8-2-1-3-9(14)10(8)15-12-16-11(18)7(4-5-17)6-19-12/h1-5H,6H2,(H,15,16,18)/b7-4+. The highest BCUT2D eigenvalue weighted by Gasteiger charge is 2.20. The smallest absolute Gasteiger partial charge is 0.254 e. The minimum Gasteiger partial charge on any atom is -0.301 e. The van der Waals surface area contributed by atoms with Crippen LogP contribution in [0, 0.1) is 0 Å². The van der Waals surface area contributed by atoms with Gasteiger partial charge in [0.05, 0.1) is 10.0 Å². The van der Waals surface area contributed by atoms with Crippen molar-refractivity contribution in [1.29, 1.82) is 0 Å². The lowest BCUT2D eigenvalue weighted by Crippen LogP contribution is -2.35. The molecule has 0 aliphatic carbocycles. The number of carbonyl (C=O) groups is 2. The average Bonchev–Trinajstić information content (AvgIpc) is 2.37. The molecule has 0 spiro atoms. The molecule has 1 aromatic carbocycles. The molecule has 4 nitrogen and oxygen atoms in total. The summed E-state index contributed by atoms with van der Waals surface area (Å²) >= 11 is 13.3. The summed E-state index contributed by atoms with van der Waals surface area (Å²) in [5.74, 6) is 0.0404. The van der Waals surface area contributed by atoms with E-state index in [9.17, 15) is 9.59 Å². The Morgan fingerprint density at radius 3 is 2.58 bits per heavy atom. The molecule has 7 heteroatoms. The molecule has 0 atom stereocenters. The highest BCUT2D eigenvalue weighted by atomic mass is 35.5. The van der Waals surface area contributed by atoms with Crippen LogP contribution in [0.5, 0.6) is 0 Å². The van der Waals surface area contributed by atoms with E-state index < -0.39 is 0 Å². The van der Waals surface area contributed by atoms with Gasteiger partial charge in [-0.2, -0.15) is 0 Å². The fraction of sp³-hybridized carbons (Fsp3) is 0.0833. The van der Waals surface area contributed by atoms with E-state index in [1.165, 1.54) is 17.8 Å². The van der Waals surface area contributed by atoms with Crippen molar-refractivity contribution >= 4 is 58.0 Å². The minimum absolute atomic E-state index is 0.340. The van der Waals surface area contributed by atoms with Crippen molar-refractivity contribution in [3.63, 3.8) is 0 Å². The van der Waals surface area contributed by atoms with Gasteiger partial charge in [-0.15, -0.1) is 0 Å². The average molecular weight is 315 g/mol. The molecule has 0 saturated carbocycles. The first-order valence-electron chi connectivity index (χ1n) is 5.23. The van der Waals surface area contributed by atoms with Crippen LogP contribution < -0.4 is 5.32 Å². The summed E-state index contributed by atoms with van der Waals surface area (Å²) in [7, 11) is 0. The van der Waals surface area contributed by atoms with Crippen LogP contribution in [0.3, 0.4) is 0 Å². The Kier molecular flexibility index (Phi) is 4.63. The van der Waals surface area contributed by atoms with E-state index in [1.807, 2.05) is 0 Å². The lowest BCUT2D eigenvalue weighted by atomic mass is 10.2. The second kappa shape index (κ2) is 6.23. The first kappa shape index (κ1) is 14.1.